The summed E-state index contributed by atoms with van der Waals surface area (Å²) in [4.78, 5) is 50.9. The quantitative estimate of drug-likeness (QED) is 0.292. The van der Waals surface area contributed by atoms with Crippen LogP contribution in [-0.2, 0) is 32.1 Å². The molecule has 3 unspecified atom stereocenters. The number of carboxylic acids is 2. The minimum absolute atomic E-state index is 0.0289. The number of nitrogens with two attached hydrogens (primary N) is 1. The number of hydrogen-bond donors (Lipinski definition) is 4. The molecule has 1 saturated heterocycles. The normalized spacial score (nSPS) is 20.8. The molecule has 0 spiro atoms. The fourth-order valence-corrected chi connectivity index (χ4v) is 6.59. The highest BCUT2D eigenvalue weighted by atomic mass is 32.2. The number of thioether (sulfide) groups is 1. The van der Waals surface area contributed by atoms with Gasteiger partial charge < -0.3 is 21.3 Å². The van der Waals surface area contributed by atoms with Gasteiger partial charge in [-0.1, -0.05) is 31.2 Å². The van der Waals surface area contributed by atoms with Gasteiger partial charge in [0.05, 0.1) is 17.6 Å². The molecule has 4 rings (SSSR count). The summed E-state index contributed by atoms with van der Waals surface area (Å²) < 4.78 is 1.10. The van der Waals surface area contributed by atoms with Gasteiger partial charge in [0, 0.05) is 24.2 Å². The first-order valence-corrected chi connectivity index (χ1v) is 12.7. The Labute approximate surface area is 213 Å². The van der Waals surface area contributed by atoms with Crippen LogP contribution in [0.25, 0.3) is 0 Å². The summed E-state index contributed by atoms with van der Waals surface area (Å²) in [6.45, 7) is 1.71. The van der Waals surface area contributed by atoms with Crippen molar-refractivity contribution in [1.29, 1.82) is 0 Å². The molecule has 2 aliphatic heterocycles. The second-order valence-electron chi connectivity index (χ2n) is 8.13. The second kappa shape index (κ2) is 10.7. The van der Waals surface area contributed by atoms with Crippen molar-refractivity contribution in [1.82, 2.24) is 29.8 Å². The van der Waals surface area contributed by atoms with E-state index in [0.29, 0.717) is 0 Å². The Bertz CT molecular complexity index is 1220. The third-order valence-corrected chi connectivity index (χ3v) is 8.51. The van der Waals surface area contributed by atoms with E-state index in [1.165, 1.54) is 25.0 Å². The fraction of sp³-hybridized carbons (Fsp3) is 0.381. The summed E-state index contributed by atoms with van der Waals surface area (Å²) >= 11 is 2.16. The van der Waals surface area contributed by atoms with Crippen LogP contribution in [0, 0.1) is 5.92 Å². The third-order valence-electron chi connectivity index (χ3n) is 5.93. The standard InChI is InChI=1S/C21H23N7O6S2/c1-10(20(31)32)17(36-28-24-9-23-26-28)13-8-35-19-15(18(30)27(19)16(13)21(33)34)25-14(29)6-11-4-2-3-5-12(11)7-22/h2-5,9-10,15,17,19H,6-8,22H2,1H3,(H,25,29)(H,31,32)(H,33,34)/t10?,15?,17?,19-/m1/s1. The Morgan fingerprint density at radius 1 is 1.28 bits per heavy atom. The van der Waals surface area contributed by atoms with E-state index in [-0.39, 0.29) is 35.9 Å². The number of tetrazole rings is 1. The lowest BCUT2D eigenvalue weighted by atomic mass is 9.96. The molecule has 15 heteroatoms. The van der Waals surface area contributed by atoms with Gasteiger partial charge >= 0.3 is 11.9 Å². The van der Waals surface area contributed by atoms with Crippen LogP contribution in [0.15, 0.2) is 41.9 Å². The van der Waals surface area contributed by atoms with Crippen molar-refractivity contribution in [2.75, 3.05) is 5.75 Å². The average molecular weight is 534 g/mol. The van der Waals surface area contributed by atoms with Crippen LogP contribution in [-0.4, -0.2) is 80.9 Å². The number of carboxylic acid groups (broad SMARTS) is 2. The first kappa shape index (κ1) is 25.7. The number of nitrogens with zero attached hydrogens (tertiary/aromatic N) is 5. The van der Waals surface area contributed by atoms with E-state index >= 15 is 0 Å². The molecule has 5 N–H and O–H groups in total. The molecule has 0 aliphatic carbocycles. The Morgan fingerprint density at radius 3 is 2.61 bits per heavy atom. The van der Waals surface area contributed by atoms with Crippen molar-refractivity contribution in [3.8, 4) is 0 Å². The number of aliphatic carboxylic acids is 2. The van der Waals surface area contributed by atoms with Crippen molar-refractivity contribution in [2.45, 2.75) is 36.6 Å². The minimum atomic E-state index is -1.36. The number of rotatable bonds is 10. The van der Waals surface area contributed by atoms with Crippen LogP contribution in [0.1, 0.15) is 18.1 Å². The van der Waals surface area contributed by atoms with Crippen LogP contribution >= 0.6 is 23.7 Å². The maximum atomic E-state index is 13.0. The van der Waals surface area contributed by atoms with Crippen molar-refractivity contribution in [3.05, 3.63) is 53.0 Å². The highest BCUT2D eigenvalue weighted by Gasteiger charge is 2.55. The molecule has 36 heavy (non-hydrogen) atoms. The van der Waals surface area contributed by atoms with E-state index in [2.05, 4.69) is 20.7 Å². The number of fused-ring (bicyclic) bond motifs is 1. The Kier molecular flexibility index (Phi) is 7.61. The number of aromatic nitrogens is 4. The first-order chi connectivity index (χ1) is 17.2. The molecule has 1 aromatic carbocycles. The minimum Gasteiger partial charge on any atom is -0.481 e. The predicted molar refractivity (Wildman–Crippen MR) is 129 cm³/mol. The van der Waals surface area contributed by atoms with E-state index in [1.807, 2.05) is 12.1 Å². The Hall–Kier alpha value is -3.43. The molecule has 4 atom stereocenters. The molecule has 0 bridgehead atoms. The second-order valence-corrected chi connectivity index (χ2v) is 10.3. The molecule has 13 nitrogen and oxygen atoms in total. The molecule has 1 fully saturated rings. The van der Waals surface area contributed by atoms with Crippen LogP contribution in [0.4, 0.5) is 0 Å². The first-order valence-electron chi connectivity index (χ1n) is 10.8. The summed E-state index contributed by atoms with van der Waals surface area (Å²) in [5.74, 6) is -4.34. The molecule has 0 radical (unpaired) electrons. The van der Waals surface area contributed by atoms with Crippen molar-refractivity contribution in [3.63, 3.8) is 0 Å². The molecule has 0 saturated carbocycles. The number of carbonyl (C=O) groups excluding carboxylic acids is 2. The van der Waals surface area contributed by atoms with Gasteiger partial charge in [0.2, 0.25) is 5.91 Å². The highest BCUT2D eigenvalue weighted by molar-refractivity contribution is 8.00. The summed E-state index contributed by atoms with van der Waals surface area (Å²) in [7, 11) is 0. The molecule has 1 aromatic heterocycles. The van der Waals surface area contributed by atoms with Crippen molar-refractivity contribution >= 4 is 47.5 Å². The van der Waals surface area contributed by atoms with Gasteiger partial charge in [0.25, 0.3) is 5.91 Å². The molecule has 2 aromatic rings. The maximum Gasteiger partial charge on any atom is 0.352 e. The average Bonchev–Trinajstić information content (AvgIpc) is 3.38. The third kappa shape index (κ3) is 4.94. The summed E-state index contributed by atoms with van der Waals surface area (Å²) in [6, 6.07) is 6.32. The Morgan fingerprint density at radius 2 is 2.00 bits per heavy atom. The van der Waals surface area contributed by atoms with Crippen LogP contribution in [0.2, 0.25) is 0 Å². The predicted octanol–water partition coefficient (Wildman–Crippen LogP) is -0.301. The summed E-state index contributed by atoms with van der Waals surface area (Å²) in [6.07, 6.45) is 1.20. The van der Waals surface area contributed by atoms with Gasteiger partial charge in [-0.3, -0.25) is 19.3 Å². The van der Waals surface area contributed by atoms with Gasteiger partial charge in [-0.2, -0.15) is 0 Å². The zero-order valence-corrected chi connectivity index (χ0v) is 20.6. The number of nitrogens with one attached hydrogen (secondary N) is 1. The number of amides is 2. The Balaban J connectivity index is 1.56. The van der Waals surface area contributed by atoms with Crippen LogP contribution < -0.4 is 11.1 Å². The molecular weight excluding hydrogens is 510 g/mol. The number of benzene rings is 1. The lowest BCUT2D eigenvalue weighted by Crippen LogP contribution is -2.71. The van der Waals surface area contributed by atoms with Crippen LogP contribution in [0.5, 0.6) is 0 Å². The monoisotopic (exact) mass is 533 g/mol. The fourth-order valence-electron chi connectivity index (χ4n) is 4.08. The molecule has 2 aliphatic rings. The van der Waals surface area contributed by atoms with E-state index in [0.717, 1.165) is 32.2 Å². The van der Waals surface area contributed by atoms with Crippen molar-refractivity contribution < 1.29 is 29.4 Å². The zero-order chi connectivity index (χ0) is 26.0. The van der Waals surface area contributed by atoms with Gasteiger partial charge in [-0.25, -0.2) is 4.79 Å². The van der Waals surface area contributed by atoms with Gasteiger partial charge in [-0.05, 0) is 21.9 Å². The largest absolute Gasteiger partial charge is 0.481 e. The van der Waals surface area contributed by atoms with E-state index < -0.39 is 40.4 Å². The van der Waals surface area contributed by atoms with Crippen molar-refractivity contribution in [2.24, 2.45) is 11.7 Å². The molecule has 3 heterocycles. The van der Waals surface area contributed by atoms with Crippen LogP contribution in [0.3, 0.4) is 0 Å². The van der Waals surface area contributed by atoms with E-state index in [9.17, 15) is 29.4 Å². The number of hydrogen-bond acceptors (Lipinski definition) is 10. The van der Waals surface area contributed by atoms with Gasteiger partial charge in [-0.15, -0.1) is 26.2 Å². The smallest absolute Gasteiger partial charge is 0.352 e. The SMILES string of the molecule is CC(C(=O)O)C(Sn1ncnn1)C1=C(C(=O)O)N2C(=O)C(NC(=O)Cc3ccccc3CN)[C@H]2SC1. The topological polar surface area (TPSA) is 194 Å². The van der Waals surface area contributed by atoms with Gasteiger partial charge in [0.15, 0.2) is 6.33 Å². The number of β-lactam (4-membered cyclic amide) rings is 1. The molecule has 2 amide bonds. The zero-order valence-electron chi connectivity index (χ0n) is 19.0. The van der Waals surface area contributed by atoms with E-state index in [4.69, 9.17) is 5.73 Å². The highest BCUT2D eigenvalue weighted by Crippen LogP contribution is 2.44. The maximum absolute atomic E-state index is 13.0. The molecule has 190 valence electrons. The lowest BCUT2D eigenvalue weighted by molar-refractivity contribution is -0.150. The van der Waals surface area contributed by atoms with Gasteiger partial charge in [0.1, 0.15) is 17.1 Å². The summed E-state index contributed by atoms with van der Waals surface area (Å²) in [5, 5.41) is 32.0. The summed E-state index contributed by atoms with van der Waals surface area (Å²) in [5.41, 5.74) is 7.27. The lowest BCUT2D eigenvalue weighted by Gasteiger charge is -2.50. The van der Waals surface area contributed by atoms with E-state index in [1.54, 1.807) is 12.1 Å². The number of carbonyl (C=O) groups is 4. The molecular formula is C21H23N7O6S2.